The standard InChI is InChI=1S/C22H27N3OS/c1-15-6-8-17(3)18(12-15)14-21(26)25(11-10-24(4)5)22-23-19-9-7-16(2)13-20(19)27-22/h6-9,12-13H,10-11,14H2,1-5H3. The first-order valence-electron chi connectivity index (χ1n) is 9.22. The van der Waals surface area contributed by atoms with E-state index in [0.29, 0.717) is 13.0 Å². The minimum atomic E-state index is 0.0985. The van der Waals surface area contributed by atoms with Crippen LogP contribution in [-0.4, -0.2) is 43.0 Å². The van der Waals surface area contributed by atoms with E-state index in [1.165, 1.54) is 11.1 Å². The number of carbonyl (C=O) groups is 1. The maximum atomic E-state index is 13.2. The van der Waals surface area contributed by atoms with Crippen LogP contribution in [0.25, 0.3) is 10.2 Å². The van der Waals surface area contributed by atoms with Gasteiger partial charge in [0.25, 0.3) is 0 Å². The van der Waals surface area contributed by atoms with Crippen LogP contribution in [-0.2, 0) is 11.2 Å². The molecule has 0 atom stereocenters. The maximum absolute atomic E-state index is 13.2. The molecule has 0 fully saturated rings. The molecule has 0 spiro atoms. The molecule has 0 N–H and O–H groups in total. The Labute approximate surface area is 165 Å². The van der Waals surface area contributed by atoms with Gasteiger partial charge in [-0.2, -0.15) is 0 Å². The number of fused-ring (bicyclic) bond motifs is 1. The van der Waals surface area contributed by atoms with Crippen molar-refractivity contribution in [3.8, 4) is 0 Å². The van der Waals surface area contributed by atoms with Crippen molar-refractivity contribution >= 4 is 32.6 Å². The van der Waals surface area contributed by atoms with E-state index < -0.39 is 0 Å². The van der Waals surface area contributed by atoms with Crippen molar-refractivity contribution in [3.05, 3.63) is 58.7 Å². The van der Waals surface area contributed by atoms with Gasteiger partial charge in [0.1, 0.15) is 0 Å². The zero-order chi connectivity index (χ0) is 19.6. The zero-order valence-electron chi connectivity index (χ0n) is 16.7. The van der Waals surface area contributed by atoms with Crippen molar-refractivity contribution in [1.82, 2.24) is 9.88 Å². The van der Waals surface area contributed by atoms with Gasteiger partial charge in [0, 0.05) is 13.1 Å². The number of hydrogen-bond donors (Lipinski definition) is 0. The minimum absolute atomic E-state index is 0.0985. The van der Waals surface area contributed by atoms with E-state index in [9.17, 15) is 4.79 Å². The highest BCUT2D eigenvalue weighted by Gasteiger charge is 2.21. The molecule has 27 heavy (non-hydrogen) atoms. The SMILES string of the molecule is Cc1ccc(C)c(CC(=O)N(CCN(C)C)c2nc3ccc(C)cc3s2)c1. The van der Waals surface area contributed by atoms with Gasteiger partial charge < -0.3 is 4.90 Å². The lowest BCUT2D eigenvalue weighted by Crippen LogP contribution is -2.37. The molecule has 1 aromatic heterocycles. The van der Waals surface area contributed by atoms with E-state index in [-0.39, 0.29) is 5.91 Å². The van der Waals surface area contributed by atoms with Crippen LogP contribution in [0, 0.1) is 20.8 Å². The fraction of sp³-hybridized carbons (Fsp3) is 0.364. The summed E-state index contributed by atoms with van der Waals surface area (Å²) in [5.74, 6) is 0.0985. The second-order valence-electron chi connectivity index (χ2n) is 7.42. The average Bonchev–Trinajstić information content (AvgIpc) is 3.00. The highest BCUT2D eigenvalue weighted by atomic mass is 32.1. The Morgan fingerprint density at radius 1 is 1.00 bits per heavy atom. The minimum Gasteiger partial charge on any atom is -0.308 e. The number of anilines is 1. The van der Waals surface area contributed by atoms with Gasteiger partial charge >= 0.3 is 0 Å². The fourth-order valence-electron chi connectivity index (χ4n) is 3.01. The van der Waals surface area contributed by atoms with Crippen LogP contribution in [0.2, 0.25) is 0 Å². The lowest BCUT2D eigenvalue weighted by molar-refractivity contribution is -0.118. The van der Waals surface area contributed by atoms with Crippen LogP contribution in [0.4, 0.5) is 5.13 Å². The molecule has 0 aliphatic carbocycles. The third kappa shape index (κ3) is 4.73. The second-order valence-corrected chi connectivity index (χ2v) is 8.43. The Morgan fingerprint density at radius 3 is 2.44 bits per heavy atom. The summed E-state index contributed by atoms with van der Waals surface area (Å²) in [5.41, 5.74) is 5.58. The normalized spacial score (nSPS) is 11.3. The van der Waals surface area contributed by atoms with Crippen LogP contribution in [0.3, 0.4) is 0 Å². The number of carbonyl (C=O) groups excluding carboxylic acids is 1. The van der Waals surface area contributed by atoms with Gasteiger partial charge in [-0.3, -0.25) is 9.69 Å². The lowest BCUT2D eigenvalue weighted by Gasteiger charge is -2.22. The van der Waals surface area contributed by atoms with E-state index in [0.717, 1.165) is 33.0 Å². The highest BCUT2D eigenvalue weighted by Crippen LogP contribution is 2.30. The van der Waals surface area contributed by atoms with Gasteiger partial charge in [0.05, 0.1) is 16.6 Å². The predicted octanol–water partition coefficient (Wildman–Crippen LogP) is 4.36. The molecule has 0 radical (unpaired) electrons. The molecule has 0 saturated heterocycles. The number of likely N-dealkylation sites (N-methyl/N-ethyl adjacent to an activating group) is 1. The molecule has 0 aliphatic heterocycles. The summed E-state index contributed by atoms with van der Waals surface area (Å²) in [6.45, 7) is 7.64. The molecule has 3 aromatic rings. The molecule has 3 rings (SSSR count). The monoisotopic (exact) mass is 381 g/mol. The first kappa shape index (κ1) is 19.5. The summed E-state index contributed by atoms with van der Waals surface area (Å²) in [6, 6.07) is 12.5. The molecule has 2 aromatic carbocycles. The van der Waals surface area contributed by atoms with E-state index in [4.69, 9.17) is 4.98 Å². The molecular formula is C22H27N3OS. The van der Waals surface area contributed by atoms with Gasteiger partial charge in [-0.25, -0.2) is 4.98 Å². The molecule has 1 amide bonds. The number of aromatic nitrogens is 1. The van der Waals surface area contributed by atoms with Gasteiger partial charge in [-0.15, -0.1) is 0 Å². The highest BCUT2D eigenvalue weighted by molar-refractivity contribution is 7.22. The molecule has 0 aliphatic rings. The molecular weight excluding hydrogens is 354 g/mol. The van der Waals surface area contributed by atoms with Gasteiger partial charge in [-0.1, -0.05) is 41.2 Å². The Kier molecular flexibility index (Phi) is 5.92. The first-order chi connectivity index (χ1) is 12.8. The summed E-state index contributed by atoms with van der Waals surface area (Å²) >= 11 is 1.59. The third-order valence-corrected chi connectivity index (χ3v) is 5.72. The Hall–Kier alpha value is -2.24. The molecule has 0 bridgehead atoms. The summed E-state index contributed by atoms with van der Waals surface area (Å²) in [7, 11) is 4.05. The molecule has 1 heterocycles. The topological polar surface area (TPSA) is 36.4 Å². The van der Waals surface area contributed by atoms with Crippen LogP contribution >= 0.6 is 11.3 Å². The zero-order valence-corrected chi connectivity index (χ0v) is 17.6. The lowest BCUT2D eigenvalue weighted by atomic mass is 10.0. The van der Waals surface area contributed by atoms with Crippen LogP contribution < -0.4 is 4.90 Å². The van der Waals surface area contributed by atoms with Crippen LogP contribution in [0.15, 0.2) is 36.4 Å². The Balaban J connectivity index is 1.91. The van der Waals surface area contributed by atoms with Crippen molar-refractivity contribution in [1.29, 1.82) is 0 Å². The van der Waals surface area contributed by atoms with Crippen molar-refractivity contribution < 1.29 is 4.79 Å². The van der Waals surface area contributed by atoms with Crippen molar-refractivity contribution in [2.24, 2.45) is 0 Å². The smallest absolute Gasteiger partial charge is 0.233 e. The van der Waals surface area contributed by atoms with E-state index in [1.807, 2.05) is 25.1 Å². The molecule has 0 saturated carbocycles. The summed E-state index contributed by atoms with van der Waals surface area (Å²) in [4.78, 5) is 21.9. The van der Waals surface area contributed by atoms with E-state index in [1.54, 1.807) is 11.3 Å². The molecule has 0 unspecified atom stereocenters. The van der Waals surface area contributed by atoms with Crippen LogP contribution in [0.1, 0.15) is 22.3 Å². The van der Waals surface area contributed by atoms with Crippen molar-refractivity contribution in [2.75, 3.05) is 32.1 Å². The van der Waals surface area contributed by atoms with Gasteiger partial charge in [0.2, 0.25) is 5.91 Å². The van der Waals surface area contributed by atoms with Crippen molar-refractivity contribution in [2.45, 2.75) is 27.2 Å². The first-order valence-corrected chi connectivity index (χ1v) is 10.0. The fourth-order valence-corrected chi connectivity index (χ4v) is 4.12. The number of amides is 1. The Morgan fingerprint density at radius 2 is 1.70 bits per heavy atom. The number of nitrogens with zero attached hydrogens (tertiary/aromatic N) is 3. The number of rotatable bonds is 6. The third-order valence-electron chi connectivity index (χ3n) is 4.68. The quantitative estimate of drug-likeness (QED) is 0.637. The molecule has 142 valence electrons. The molecule has 5 heteroatoms. The van der Waals surface area contributed by atoms with Crippen molar-refractivity contribution in [3.63, 3.8) is 0 Å². The molecule has 4 nitrogen and oxygen atoms in total. The maximum Gasteiger partial charge on any atom is 0.233 e. The number of benzene rings is 2. The van der Waals surface area contributed by atoms with E-state index >= 15 is 0 Å². The predicted molar refractivity (Wildman–Crippen MR) is 115 cm³/mol. The summed E-state index contributed by atoms with van der Waals surface area (Å²) in [5, 5.41) is 0.785. The number of aryl methyl sites for hydroxylation is 3. The van der Waals surface area contributed by atoms with Gasteiger partial charge in [0.15, 0.2) is 5.13 Å². The van der Waals surface area contributed by atoms with Crippen LogP contribution in [0.5, 0.6) is 0 Å². The summed E-state index contributed by atoms with van der Waals surface area (Å²) in [6.07, 6.45) is 0.399. The Bertz CT molecular complexity index is 961. The number of hydrogen-bond acceptors (Lipinski definition) is 4. The second kappa shape index (κ2) is 8.19. The average molecular weight is 382 g/mol. The van der Waals surface area contributed by atoms with Gasteiger partial charge in [-0.05, 0) is 63.7 Å². The largest absolute Gasteiger partial charge is 0.308 e. The number of thiazole rings is 1. The summed E-state index contributed by atoms with van der Waals surface area (Å²) < 4.78 is 1.12. The van der Waals surface area contributed by atoms with E-state index in [2.05, 4.69) is 56.0 Å².